The number of piperazine rings is 1. The molecule has 2 aromatic heterocycles. The van der Waals surface area contributed by atoms with Crippen LogP contribution in [-0.4, -0.2) is 47.5 Å². The lowest BCUT2D eigenvalue weighted by atomic mass is 9.93. The molecule has 1 fully saturated rings. The van der Waals surface area contributed by atoms with Crippen LogP contribution >= 0.6 is 36.2 Å². The standard InChI is InChI=1S/C28H34N4S.2ClH/c1-28(2,3)24-17-23-26(25-21(11-8-14-29-25)18-30-27(23)33-24)32-16-15-31(4)22(19-32)13-12-20-9-6-5-7-10-20;;/h5-11,14,17-18,22,30H,12-13,15-16,19H2,1-4H3;2*1H. The van der Waals surface area contributed by atoms with Crippen molar-refractivity contribution in [3.63, 3.8) is 0 Å². The molecule has 0 saturated carbocycles. The molecule has 7 heteroatoms. The van der Waals surface area contributed by atoms with Crippen LogP contribution in [0.15, 0.2) is 54.7 Å². The van der Waals surface area contributed by atoms with Gasteiger partial charge in [-0.05, 0) is 49.1 Å². The van der Waals surface area contributed by atoms with E-state index in [1.54, 1.807) is 0 Å². The maximum absolute atomic E-state index is 4.88. The highest BCUT2D eigenvalue weighted by Crippen LogP contribution is 2.40. The Morgan fingerprint density at radius 3 is 2.57 bits per heavy atom. The summed E-state index contributed by atoms with van der Waals surface area (Å²) in [5.74, 6) is 0. The van der Waals surface area contributed by atoms with Crippen molar-refractivity contribution in [3.05, 3.63) is 81.3 Å². The number of thiophene rings is 1. The van der Waals surface area contributed by atoms with Crippen molar-refractivity contribution < 1.29 is 0 Å². The maximum atomic E-state index is 4.88. The Morgan fingerprint density at radius 1 is 1.06 bits per heavy atom. The summed E-state index contributed by atoms with van der Waals surface area (Å²) in [6, 6.07) is 18.0. The van der Waals surface area contributed by atoms with Crippen LogP contribution < -0.4 is 15.9 Å². The normalized spacial score (nSPS) is 17.7. The van der Waals surface area contributed by atoms with Crippen molar-refractivity contribution in [3.8, 4) is 0 Å². The van der Waals surface area contributed by atoms with Crippen LogP contribution in [0, 0.1) is 0 Å². The van der Waals surface area contributed by atoms with E-state index in [-0.39, 0.29) is 30.2 Å². The van der Waals surface area contributed by atoms with Crippen LogP contribution in [0.2, 0.25) is 0 Å². The minimum Gasteiger partial charge on any atom is -0.366 e. The number of likely N-dealkylation sites (N-methyl/N-ethyl adjacent to an activating group) is 1. The first-order chi connectivity index (χ1) is 15.9. The highest BCUT2D eigenvalue weighted by Gasteiger charge is 2.30. The molecule has 2 aliphatic rings. The zero-order chi connectivity index (χ0) is 23.0. The van der Waals surface area contributed by atoms with E-state index in [0.29, 0.717) is 6.04 Å². The SMILES string of the molecule is CN1CCN(C2=c3ncccc3=CNc3sc(C(C)(C)C)cc32)CC1CCc1ccccc1.Cl.Cl. The Morgan fingerprint density at radius 2 is 1.83 bits per heavy atom. The molecule has 4 nitrogen and oxygen atoms in total. The molecule has 1 atom stereocenters. The van der Waals surface area contributed by atoms with Gasteiger partial charge in [0.05, 0.1) is 11.0 Å². The predicted octanol–water partition coefficient (Wildman–Crippen LogP) is 4.85. The van der Waals surface area contributed by atoms with Gasteiger partial charge in [-0.2, -0.15) is 0 Å². The van der Waals surface area contributed by atoms with Crippen molar-refractivity contribution >= 4 is 53.0 Å². The molecule has 35 heavy (non-hydrogen) atoms. The smallest absolute Gasteiger partial charge is 0.102 e. The van der Waals surface area contributed by atoms with E-state index in [2.05, 4.69) is 91.6 Å². The maximum Gasteiger partial charge on any atom is 0.102 e. The van der Waals surface area contributed by atoms with E-state index >= 15 is 0 Å². The summed E-state index contributed by atoms with van der Waals surface area (Å²) in [7, 11) is 2.28. The third-order valence-corrected chi connectivity index (χ3v) is 8.34. The molecule has 2 aliphatic heterocycles. The number of halogens is 2. The quantitative estimate of drug-likeness (QED) is 0.522. The molecule has 0 radical (unpaired) electrons. The van der Waals surface area contributed by atoms with Crippen LogP contribution in [0.1, 0.15) is 43.2 Å². The zero-order valence-corrected chi connectivity index (χ0v) is 23.4. The van der Waals surface area contributed by atoms with Crippen LogP contribution in [0.3, 0.4) is 0 Å². The number of nitrogens with one attached hydrogen (secondary N) is 1. The van der Waals surface area contributed by atoms with E-state index in [0.717, 1.165) is 43.0 Å². The molecule has 0 aliphatic carbocycles. The number of anilines is 1. The van der Waals surface area contributed by atoms with Gasteiger partial charge in [0.1, 0.15) is 5.00 Å². The molecule has 0 amide bonds. The molecule has 188 valence electrons. The number of aryl methyl sites for hydroxylation is 1. The fourth-order valence-electron chi connectivity index (χ4n) is 4.81. The van der Waals surface area contributed by atoms with E-state index in [1.807, 2.05) is 23.6 Å². The van der Waals surface area contributed by atoms with E-state index in [9.17, 15) is 0 Å². The Labute approximate surface area is 225 Å². The van der Waals surface area contributed by atoms with Crippen molar-refractivity contribution in [1.82, 2.24) is 14.8 Å². The van der Waals surface area contributed by atoms with E-state index in [4.69, 9.17) is 4.98 Å². The Balaban J connectivity index is 0.00000171. The van der Waals surface area contributed by atoms with Crippen LogP contribution in [-0.2, 0) is 11.8 Å². The monoisotopic (exact) mass is 530 g/mol. The van der Waals surface area contributed by atoms with Gasteiger partial charge in [0, 0.05) is 53.7 Å². The summed E-state index contributed by atoms with van der Waals surface area (Å²) in [6.07, 6.45) is 6.33. The minimum absolute atomic E-state index is 0. The lowest BCUT2D eigenvalue weighted by Crippen LogP contribution is -2.52. The highest BCUT2D eigenvalue weighted by molar-refractivity contribution is 7.16. The van der Waals surface area contributed by atoms with Gasteiger partial charge in [-0.3, -0.25) is 9.88 Å². The van der Waals surface area contributed by atoms with Crippen molar-refractivity contribution in [2.75, 3.05) is 32.0 Å². The number of rotatable bonds is 4. The molecule has 0 bridgehead atoms. The third-order valence-electron chi connectivity index (χ3n) is 6.85. The summed E-state index contributed by atoms with van der Waals surface area (Å²) >= 11 is 1.87. The lowest BCUT2D eigenvalue weighted by Gasteiger charge is -2.41. The number of hydrogen-bond acceptors (Lipinski definition) is 5. The van der Waals surface area contributed by atoms with Gasteiger partial charge < -0.3 is 10.2 Å². The van der Waals surface area contributed by atoms with Crippen molar-refractivity contribution in [2.45, 2.75) is 45.1 Å². The largest absolute Gasteiger partial charge is 0.366 e. The zero-order valence-electron chi connectivity index (χ0n) is 21.0. The van der Waals surface area contributed by atoms with Gasteiger partial charge in [-0.1, -0.05) is 51.1 Å². The van der Waals surface area contributed by atoms with Crippen LogP contribution in [0.5, 0.6) is 0 Å². The second kappa shape index (κ2) is 11.3. The predicted molar refractivity (Wildman–Crippen MR) is 154 cm³/mol. The van der Waals surface area contributed by atoms with Crippen molar-refractivity contribution in [2.24, 2.45) is 0 Å². The van der Waals surface area contributed by atoms with Gasteiger partial charge in [-0.25, -0.2) is 0 Å². The summed E-state index contributed by atoms with van der Waals surface area (Å²) < 4.78 is 0. The molecule has 4 heterocycles. The molecular weight excluding hydrogens is 495 g/mol. The average molecular weight is 532 g/mol. The highest BCUT2D eigenvalue weighted by atomic mass is 35.5. The molecule has 3 aromatic rings. The van der Waals surface area contributed by atoms with E-state index in [1.165, 1.54) is 26.7 Å². The Hall–Kier alpha value is -2.05. The molecule has 1 unspecified atom stereocenters. The molecule has 1 aromatic carbocycles. The van der Waals surface area contributed by atoms with Gasteiger partial charge in [0.15, 0.2) is 0 Å². The average Bonchev–Trinajstić information content (AvgIpc) is 3.17. The van der Waals surface area contributed by atoms with E-state index < -0.39 is 0 Å². The first kappa shape index (κ1) is 27.5. The third kappa shape index (κ3) is 5.86. The van der Waals surface area contributed by atoms with Gasteiger partial charge in [-0.15, -0.1) is 36.2 Å². The van der Waals surface area contributed by atoms with Gasteiger partial charge >= 0.3 is 0 Å². The van der Waals surface area contributed by atoms with Gasteiger partial charge in [0.2, 0.25) is 0 Å². The van der Waals surface area contributed by atoms with Gasteiger partial charge in [0.25, 0.3) is 0 Å². The lowest BCUT2D eigenvalue weighted by molar-refractivity contribution is 0.128. The van der Waals surface area contributed by atoms with Crippen LogP contribution in [0.4, 0.5) is 5.00 Å². The molecule has 0 spiro atoms. The first-order valence-electron chi connectivity index (χ1n) is 12.0. The number of benzene rings is 1. The molecule has 5 rings (SSSR count). The van der Waals surface area contributed by atoms with Crippen molar-refractivity contribution in [1.29, 1.82) is 0 Å². The number of hydrogen-bond donors (Lipinski definition) is 1. The fraction of sp³-hybridized carbons (Fsp3) is 0.393. The number of fused-ring (bicyclic) bond motifs is 2. The molecular formula is C28H36Cl2N4S. The first-order valence-corrected chi connectivity index (χ1v) is 12.8. The second-order valence-corrected chi connectivity index (χ2v) is 11.3. The Bertz CT molecular complexity index is 1250. The summed E-state index contributed by atoms with van der Waals surface area (Å²) in [5, 5.41) is 7.09. The summed E-state index contributed by atoms with van der Waals surface area (Å²) in [4.78, 5) is 11.4. The minimum atomic E-state index is 0. The molecule has 1 saturated heterocycles. The molecule has 1 N–H and O–H groups in total. The second-order valence-electron chi connectivity index (χ2n) is 10.3. The summed E-state index contributed by atoms with van der Waals surface area (Å²) in [6.45, 7) is 9.99. The number of aromatic nitrogens is 1. The number of nitrogens with zero attached hydrogens (tertiary/aromatic N) is 3. The fourth-order valence-corrected chi connectivity index (χ4v) is 5.89. The van der Waals surface area contributed by atoms with Crippen LogP contribution in [0.25, 0.3) is 11.9 Å². The summed E-state index contributed by atoms with van der Waals surface area (Å²) in [5.41, 5.74) is 4.12. The Kier molecular flexibility index (Phi) is 8.92. The topological polar surface area (TPSA) is 31.4 Å². The number of pyridine rings is 1.